The zero-order valence-electron chi connectivity index (χ0n) is 13.8. The Labute approximate surface area is 146 Å². The molecule has 0 unspecified atom stereocenters. The van der Waals surface area contributed by atoms with Gasteiger partial charge in [0, 0.05) is 5.75 Å². The summed E-state index contributed by atoms with van der Waals surface area (Å²) in [4.78, 5) is 0.0823. The van der Waals surface area contributed by atoms with Gasteiger partial charge in [-0.3, -0.25) is 4.18 Å². The number of fused-ring (bicyclic) bond motifs is 1. The minimum absolute atomic E-state index is 0.0823. The first-order valence-electron chi connectivity index (χ1n) is 7.79. The summed E-state index contributed by atoms with van der Waals surface area (Å²) >= 11 is 1.52. The Kier molecular flexibility index (Phi) is 4.98. The van der Waals surface area contributed by atoms with Crippen LogP contribution in [-0.4, -0.2) is 55.2 Å². The molecule has 1 aromatic carbocycles. The van der Waals surface area contributed by atoms with Crippen LogP contribution in [0.25, 0.3) is 0 Å². The molecule has 3 rings (SSSR count). The highest BCUT2D eigenvalue weighted by molar-refractivity contribution is 8.00. The third kappa shape index (κ3) is 3.79. The van der Waals surface area contributed by atoms with Gasteiger partial charge < -0.3 is 14.6 Å². The van der Waals surface area contributed by atoms with E-state index in [-0.39, 0.29) is 29.0 Å². The SMILES string of the molecule is Cc1ccc(S(=O)(=O)OC[C@H](O)[C@@H]2SC[C@H]3OC(C)(C)O[C@@H]23)cc1. The third-order valence-corrected chi connectivity index (χ3v) is 6.87. The van der Waals surface area contributed by atoms with Gasteiger partial charge in [-0.15, -0.1) is 0 Å². The first-order valence-corrected chi connectivity index (χ1v) is 10.2. The minimum Gasteiger partial charge on any atom is -0.389 e. The van der Waals surface area contributed by atoms with E-state index >= 15 is 0 Å². The van der Waals surface area contributed by atoms with Crippen molar-refractivity contribution in [3.63, 3.8) is 0 Å². The quantitative estimate of drug-likeness (QED) is 0.786. The Morgan fingerprint density at radius 1 is 1.33 bits per heavy atom. The number of ether oxygens (including phenoxy) is 2. The van der Waals surface area contributed by atoms with Gasteiger partial charge in [-0.2, -0.15) is 20.2 Å². The number of benzene rings is 1. The number of aryl methyl sites for hydroxylation is 1. The van der Waals surface area contributed by atoms with Gasteiger partial charge in [-0.05, 0) is 32.9 Å². The summed E-state index contributed by atoms with van der Waals surface area (Å²) in [6.45, 7) is 5.23. The monoisotopic (exact) mass is 374 g/mol. The molecule has 2 fully saturated rings. The van der Waals surface area contributed by atoms with Crippen molar-refractivity contribution in [2.45, 2.75) is 55.0 Å². The van der Waals surface area contributed by atoms with Crippen molar-refractivity contribution in [1.82, 2.24) is 0 Å². The molecule has 1 aromatic rings. The van der Waals surface area contributed by atoms with Crippen LogP contribution in [0.2, 0.25) is 0 Å². The van der Waals surface area contributed by atoms with Crippen LogP contribution in [0, 0.1) is 6.92 Å². The lowest BCUT2D eigenvalue weighted by Gasteiger charge is -2.24. The molecule has 8 heteroatoms. The van der Waals surface area contributed by atoms with Gasteiger partial charge in [0.15, 0.2) is 5.79 Å². The molecule has 0 spiro atoms. The molecular weight excluding hydrogens is 352 g/mol. The van der Waals surface area contributed by atoms with Gasteiger partial charge in [-0.1, -0.05) is 17.7 Å². The van der Waals surface area contributed by atoms with E-state index in [2.05, 4.69) is 0 Å². The Balaban J connectivity index is 1.61. The lowest BCUT2D eigenvalue weighted by atomic mass is 10.1. The normalized spacial score (nSPS) is 30.2. The van der Waals surface area contributed by atoms with Crippen LogP contribution in [0.5, 0.6) is 0 Å². The van der Waals surface area contributed by atoms with Crippen molar-refractivity contribution in [2.24, 2.45) is 0 Å². The molecule has 24 heavy (non-hydrogen) atoms. The van der Waals surface area contributed by atoms with Crippen LogP contribution < -0.4 is 0 Å². The Morgan fingerprint density at radius 3 is 2.67 bits per heavy atom. The zero-order chi connectivity index (χ0) is 17.5. The van der Waals surface area contributed by atoms with Crippen molar-refractivity contribution in [2.75, 3.05) is 12.4 Å². The van der Waals surface area contributed by atoms with Gasteiger partial charge in [0.25, 0.3) is 10.1 Å². The van der Waals surface area contributed by atoms with Crippen LogP contribution in [0.1, 0.15) is 19.4 Å². The molecule has 1 N–H and O–H groups in total. The second-order valence-electron chi connectivity index (χ2n) is 6.56. The summed E-state index contributed by atoms with van der Waals surface area (Å²) in [5, 5.41) is 10.1. The number of aliphatic hydroxyl groups excluding tert-OH is 1. The molecule has 2 saturated heterocycles. The highest BCUT2D eigenvalue weighted by Gasteiger charge is 2.51. The van der Waals surface area contributed by atoms with E-state index in [1.54, 1.807) is 12.1 Å². The molecule has 2 aliphatic rings. The predicted molar refractivity (Wildman–Crippen MR) is 90.4 cm³/mol. The topological polar surface area (TPSA) is 82.1 Å². The van der Waals surface area contributed by atoms with Crippen LogP contribution in [0.15, 0.2) is 29.2 Å². The molecule has 0 amide bonds. The van der Waals surface area contributed by atoms with E-state index in [1.165, 1.54) is 23.9 Å². The summed E-state index contributed by atoms with van der Waals surface area (Å²) in [6.07, 6.45) is -1.30. The van der Waals surface area contributed by atoms with Crippen LogP contribution in [-0.2, 0) is 23.8 Å². The fourth-order valence-electron chi connectivity index (χ4n) is 2.93. The van der Waals surface area contributed by atoms with Crippen LogP contribution in [0.3, 0.4) is 0 Å². The Hall–Kier alpha value is -0.640. The van der Waals surface area contributed by atoms with E-state index in [1.807, 2.05) is 20.8 Å². The second-order valence-corrected chi connectivity index (χ2v) is 9.38. The smallest absolute Gasteiger partial charge is 0.297 e. The van der Waals surface area contributed by atoms with Gasteiger partial charge >= 0.3 is 0 Å². The Bertz CT molecular complexity index is 685. The summed E-state index contributed by atoms with van der Waals surface area (Å²) in [5.41, 5.74) is 0.961. The molecular formula is C16H22O6S2. The van der Waals surface area contributed by atoms with Gasteiger partial charge in [0.2, 0.25) is 0 Å². The van der Waals surface area contributed by atoms with Gasteiger partial charge in [-0.25, -0.2) is 0 Å². The molecule has 0 aromatic heterocycles. The molecule has 6 nitrogen and oxygen atoms in total. The van der Waals surface area contributed by atoms with Crippen molar-refractivity contribution in [1.29, 1.82) is 0 Å². The number of rotatable bonds is 5. The molecule has 0 radical (unpaired) electrons. The molecule has 0 saturated carbocycles. The lowest BCUT2D eigenvalue weighted by molar-refractivity contribution is -0.147. The highest BCUT2D eigenvalue weighted by Crippen LogP contribution is 2.42. The highest BCUT2D eigenvalue weighted by atomic mass is 32.2. The average molecular weight is 374 g/mol. The summed E-state index contributed by atoms with van der Waals surface area (Å²) in [6, 6.07) is 6.40. The summed E-state index contributed by atoms with van der Waals surface area (Å²) < 4.78 is 41.0. The third-order valence-electron chi connectivity index (χ3n) is 4.08. The first kappa shape index (κ1) is 18.2. The second kappa shape index (κ2) is 6.59. The molecule has 2 heterocycles. The maximum Gasteiger partial charge on any atom is 0.297 e. The average Bonchev–Trinajstić information content (AvgIpc) is 3.00. The molecule has 0 aliphatic carbocycles. The molecule has 134 valence electrons. The molecule has 0 bridgehead atoms. The molecule has 2 aliphatic heterocycles. The number of hydrogen-bond acceptors (Lipinski definition) is 7. The Morgan fingerprint density at radius 2 is 2.00 bits per heavy atom. The van der Waals surface area contributed by atoms with E-state index in [4.69, 9.17) is 13.7 Å². The minimum atomic E-state index is -3.89. The predicted octanol–water partition coefficient (Wildman–Crippen LogP) is 1.70. The van der Waals surface area contributed by atoms with Crippen molar-refractivity contribution < 1.29 is 27.2 Å². The van der Waals surface area contributed by atoms with Crippen molar-refractivity contribution in [3.05, 3.63) is 29.8 Å². The van der Waals surface area contributed by atoms with E-state index in [0.717, 1.165) is 5.56 Å². The van der Waals surface area contributed by atoms with Gasteiger partial charge in [0.05, 0.1) is 29.0 Å². The fourth-order valence-corrected chi connectivity index (χ4v) is 5.24. The van der Waals surface area contributed by atoms with E-state index in [0.29, 0.717) is 5.75 Å². The lowest BCUT2D eigenvalue weighted by Crippen LogP contribution is -2.39. The number of hydrogen-bond donors (Lipinski definition) is 1. The maximum atomic E-state index is 12.2. The van der Waals surface area contributed by atoms with Gasteiger partial charge in [0.1, 0.15) is 6.10 Å². The van der Waals surface area contributed by atoms with Crippen molar-refractivity contribution >= 4 is 21.9 Å². The summed E-state index contributed by atoms with van der Waals surface area (Å²) in [7, 11) is -3.89. The maximum absolute atomic E-state index is 12.2. The number of thioether (sulfide) groups is 1. The summed E-state index contributed by atoms with van der Waals surface area (Å²) in [5.74, 6) is 0.0314. The molecule has 4 atom stereocenters. The first-order chi connectivity index (χ1) is 11.2. The number of aliphatic hydroxyl groups is 1. The standard InChI is InChI=1S/C16H22O6S2/c1-10-4-6-11(7-5-10)24(18,19)20-8-12(17)15-14-13(9-23-15)21-16(2,3)22-14/h4-7,12-15,17H,8-9H2,1-3H3/t12-,13+,14+,15-/m0/s1. The van der Waals surface area contributed by atoms with E-state index in [9.17, 15) is 13.5 Å². The van der Waals surface area contributed by atoms with Crippen LogP contribution in [0.4, 0.5) is 0 Å². The van der Waals surface area contributed by atoms with E-state index < -0.39 is 22.0 Å². The fraction of sp³-hybridized carbons (Fsp3) is 0.625. The zero-order valence-corrected chi connectivity index (χ0v) is 15.5. The largest absolute Gasteiger partial charge is 0.389 e. The van der Waals surface area contributed by atoms with Crippen LogP contribution >= 0.6 is 11.8 Å². The van der Waals surface area contributed by atoms with Crippen molar-refractivity contribution in [3.8, 4) is 0 Å².